The maximum absolute atomic E-state index is 11.4. The van der Waals surface area contributed by atoms with Gasteiger partial charge >= 0.3 is 15.4 Å². The van der Waals surface area contributed by atoms with E-state index in [4.69, 9.17) is 9.79 Å². The number of carbonyl (C=O) groups is 1. The molecule has 0 aromatic rings. The minimum atomic E-state index is -5.00. The van der Waals surface area contributed by atoms with Crippen LogP contribution in [0, 0.1) is 5.92 Å². The molecule has 0 amide bonds. The monoisotopic (exact) mass is 274 g/mol. The molecule has 0 fully saturated rings. The molecule has 0 aromatic heterocycles. The van der Waals surface area contributed by atoms with Gasteiger partial charge in [-0.25, -0.2) is 8.88 Å². The number of rotatable bonds is 7. The lowest BCUT2D eigenvalue weighted by atomic mass is 10.0. The smallest absolute Gasteiger partial charge is 0.324 e. The van der Waals surface area contributed by atoms with Crippen LogP contribution in [0.2, 0.25) is 0 Å². The first-order valence-electron chi connectivity index (χ1n) is 4.67. The fourth-order valence-corrected chi connectivity index (χ4v) is 3.52. The predicted octanol–water partition coefficient (Wildman–Crippen LogP) is 1.28. The van der Waals surface area contributed by atoms with Crippen LogP contribution in [0.3, 0.4) is 0 Å². The first-order valence-corrected chi connectivity index (χ1v) is 7.84. The maximum Gasteiger partial charge on any atom is 0.476 e. The quantitative estimate of drug-likeness (QED) is 0.472. The van der Waals surface area contributed by atoms with Gasteiger partial charge in [-0.2, -0.15) is 0 Å². The van der Waals surface area contributed by atoms with Gasteiger partial charge in [0.1, 0.15) is 6.29 Å². The summed E-state index contributed by atoms with van der Waals surface area (Å²) in [7, 11) is -9.41. The van der Waals surface area contributed by atoms with Crippen molar-refractivity contribution >= 4 is 21.7 Å². The molecule has 0 aliphatic rings. The SMILES string of the molecule is CCC(C=O)CC(C)P(=O)(O)OP(=O)(O)O. The van der Waals surface area contributed by atoms with E-state index in [9.17, 15) is 18.8 Å². The van der Waals surface area contributed by atoms with Gasteiger partial charge in [0.2, 0.25) is 0 Å². The van der Waals surface area contributed by atoms with Crippen molar-refractivity contribution in [2.24, 2.45) is 5.92 Å². The Labute approximate surface area is 93.6 Å². The normalized spacial score (nSPS) is 19.8. The molecule has 0 aliphatic heterocycles. The molecular weight excluding hydrogens is 258 g/mol. The van der Waals surface area contributed by atoms with Gasteiger partial charge in [-0.15, -0.1) is 0 Å². The van der Waals surface area contributed by atoms with Crippen LogP contribution < -0.4 is 0 Å². The molecule has 3 unspecified atom stereocenters. The number of carbonyl (C=O) groups excluding carboxylic acids is 1. The van der Waals surface area contributed by atoms with Crippen molar-refractivity contribution in [3.05, 3.63) is 0 Å². The Kier molecular flexibility index (Phi) is 6.04. The molecule has 0 bridgehead atoms. The molecule has 9 heteroatoms. The lowest BCUT2D eigenvalue weighted by Crippen LogP contribution is -2.13. The molecule has 16 heavy (non-hydrogen) atoms. The summed E-state index contributed by atoms with van der Waals surface area (Å²) in [5, 5.41) is 0. The first kappa shape index (κ1) is 16.0. The Morgan fingerprint density at radius 3 is 2.12 bits per heavy atom. The predicted molar refractivity (Wildman–Crippen MR) is 56.9 cm³/mol. The fourth-order valence-electron chi connectivity index (χ4n) is 1.12. The minimum absolute atomic E-state index is 0.0494. The number of phosphoric acid groups is 1. The van der Waals surface area contributed by atoms with Crippen LogP contribution in [-0.4, -0.2) is 26.6 Å². The van der Waals surface area contributed by atoms with Crippen molar-refractivity contribution in [2.75, 3.05) is 0 Å². The molecule has 3 N–H and O–H groups in total. The molecule has 0 saturated heterocycles. The summed E-state index contributed by atoms with van der Waals surface area (Å²) in [5.74, 6) is -0.421. The Hall–Kier alpha value is -0.0300. The molecule has 0 rings (SSSR count). The summed E-state index contributed by atoms with van der Waals surface area (Å²) < 4.78 is 25.7. The maximum atomic E-state index is 11.4. The summed E-state index contributed by atoms with van der Waals surface area (Å²) in [6.45, 7) is 3.04. The molecule has 0 heterocycles. The summed E-state index contributed by atoms with van der Waals surface area (Å²) in [6, 6.07) is 0. The van der Waals surface area contributed by atoms with Crippen LogP contribution in [0.15, 0.2) is 0 Å². The van der Waals surface area contributed by atoms with E-state index < -0.39 is 27.0 Å². The third-order valence-corrected chi connectivity index (χ3v) is 5.25. The zero-order valence-electron chi connectivity index (χ0n) is 9.02. The number of hydrogen-bond donors (Lipinski definition) is 3. The summed E-state index contributed by atoms with van der Waals surface area (Å²) in [4.78, 5) is 36.7. The molecule has 7 nitrogen and oxygen atoms in total. The largest absolute Gasteiger partial charge is 0.476 e. The Balaban J connectivity index is 4.58. The van der Waals surface area contributed by atoms with Crippen molar-refractivity contribution in [1.82, 2.24) is 0 Å². The Morgan fingerprint density at radius 1 is 1.31 bits per heavy atom. The topological polar surface area (TPSA) is 121 Å². The lowest BCUT2D eigenvalue weighted by Gasteiger charge is -2.20. The molecule has 0 aliphatic carbocycles. The van der Waals surface area contributed by atoms with Crippen molar-refractivity contribution in [3.63, 3.8) is 0 Å². The molecule has 0 aromatic carbocycles. The van der Waals surface area contributed by atoms with Crippen molar-refractivity contribution in [3.8, 4) is 0 Å². The van der Waals surface area contributed by atoms with Crippen molar-refractivity contribution in [1.29, 1.82) is 0 Å². The van der Waals surface area contributed by atoms with Gasteiger partial charge in [-0.1, -0.05) is 13.8 Å². The summed E-state index contributed by atoms with van der Waals surface area (Å²) in [5.41, 5.74) is -1.00. The van der Waals surface area contributed by atoms with E-state index in [1.807, 2.05) is 0 Å². The molecule has 96 valence electrons. The highest BCUT2D eigenvalue weighted by Crippen LogP contribution is 2.60. The van der Waals surface area contributed by atoms with Crippen LogP contribution in [0.4, 0.5) is 0 Å². The highest BCUT2D eigenvalue weighted by Gasteiger charge is 2.36. The van der Waals surface area contributed by atoms with Gasteiger partial charge in [0.25, 0.3) is 0 Å². The molecular formula is C7H16O7P2. The highest BCUT2D eigenvalue weighted by molar-refractivity contribution is 7.64. The van der Waals surface area contributed by atoms with E-state index in [0.717, 1.165) is 0 Å². The first-order chi connectivity index (χ1) is 7.12. The van der Waals surface area contributed by atoms with E-state index in [-0.39, 0.29) is 6.42 Å². The number of hydrogen-bond acceptors (Lipinski definition) is 4. The Bertz CT molecular complexity index is 323. The average molecular weight is 274 g/mol. The third-order valence-electron chi connectivity index (χ3n) is 2.14. The minimum Gasteiger partial charge on any atom is -0.324 e. The van der Waals surface area contributed by atoms with E-state index in [1.165, 1.54) is 6.92 Å². The number of aldehydes is 1. The van der Waals surface area contributed by atoms with Crippen LogP contribution >= 0.6 is 15.4 Å². The fraction of sp³-hybridized carbons (Fsp3) is 0.857. The molecule has 0 saturated carbocycles. The third kappa shape index (κ3) is 5.89. The standard InChI is InChI=1S/C7H16O7P2/c1-3-7(5-8)4-6(2)15(9,10)14-16(11,12)13/h5-7H,3-4H2,1-2H3,(H,9,10)(H2,11,12,13). The van der Waals surface area contributed by atoms with E-state index in [1.54, 1.807) is 6.92 Å². The average Bonchev–Trinajstić information content (AvgIpc) is 2.09. The summed E-state index contributed by atoms with van der Waals surface area (Å²) >= 11 is 0. The van der Waals surface area contributed by atoms with Crippen molar-refractivity contribution in [2.45, 2.75) is 32.3 Å². The molecule has 3 atom stereocenters. The zero-order chi connectivity index (χ0) is 13.0. The zero-order valence-corrected chi connectivity index (χ0v) is 10.8. The van der Waals surface area contributed by atoms with Crippen LogP contribution in [-0.2, 0) is 18.2 Å². The highest BCUT2D eigenvalue weighted by atomic mass is 31.3. The Morgan fingerprint density at radius 2 is 1.81 bits per heavy atom. The van der Waals surface area contributed by atoms with Crippen LogP contribution in [0.5, 0.6) is 0 Å². The molecule has 0 spiro atoms. The lowest BCUT2D eigenvalue weighted by molar-refractivity contribution is -0.111. The second-order valence-corrected chi connectivity index (χ2v) is 7.17. The summed E-state index contributed by atoms with van der Waals surface area (Å²) in [6.07, 6.45) is 1.19. The van der Waals surface area contributed by atoms with Crippen LogP contribution in [0.1, 0.15) is 26.7 Å². The van der Waals surface area contributed by atoms with Gasteiger partial charge in [0, 0.05) is 5.92 Å². The van der Waals surface area contributed by atoms with Gasteiger partial charge in [-0.3, -0.25) is 4.57 Å². The second-order valence-electron chi connectivity index (χ2n) is 3.53. The second kappa shape index (κ2) is 6.05. The van der Waals surface area contributed by atoms with Gasteiger partial charge in [0.05, 0.1) is 5.66 Å². The van der Waals surface area contributed by atoms with E-state index >= 15 is 0 Å². The van der Waals surface area contributed by atoms with Gasteiger partial charge < -0.3 is 19.5 Å². The van der Waals surface area contributed by atoms with Gasteiger partial charge in [0.15, 0.2) is 0 Å². The van der Waals surface area contributed by atoms with E-state index in [0.29, 0.717) is 12.7 Å². The van der Waals surface area contributed by atoms with E-state index in [2.05, 4.69) is 4.31 Å². The molecule has 0 radical (unpaired) electrons. The van der Waals surface area contributed by atoms with Crippen molar-refractivity contribution < 1.29 is 32.9 Å². The van der Waals surface area contributed by atoms with Crippen LogP contribution in [0.25, 0.3) is 0 Å². The van der Waals surface area contributed by atoms with Gasteiger partial charge in [-0.05, 0) is 12.8 Å².